The van der Waals surface area contributed by atoms with Crippen molar-refractivity contribution in [2.45, 2.75) is 57.7 Å². The molecule has 1 unspecified atom stereocenters. The van der Waals surface area contributed by atoms with Crippen molar-refractivity contribution >= 4 is 28.9 Å². The van der Waals surface area contributed by atoms with Gasteiger partial charge in [0, 0.05) is 11.6 Å². The summed E-state index contributed by atoms with van der Waals surface area (Å²) < 4.78 is 46.3. The van der Waals surface area contributed by atoms with Gasteiger partial charge in [-0.25, -0.2) is 9.78 Å². The summed E-state index contributed by atoms with van der Waals surface area (Å²) in [5.41, 5.74) is 0.577. The summed E-state index contributed by atoms with van der Waals surface area (Å²) in [6.07, 6.45) is 1.59. The first-order valence-corrected chi connectivity index (χ1v) is 11.8. The molecule has 186 valence electrons. The summed E-state index contributed by atoms with van der Waals surface area (Å²) in [6, 6.07) is 9.40. The van der Waals surface area contributed by atoms with Crippen LogP contribution < -0.4 is 5.32 Å². The number of imidazole rings is 1. The minimum atomic E-state index is -4.55. The van der Waals surface area contributed by atoms with Gasteiger partial charge in [-0.1, -0.05) is 38.7 Å². The number of halogens is 3. The van der Waals surface area contributed by atoms with Gasteiger partial charge in [0.2, 0.25) is 5.95 Å². The van der Waals surface area contributed by atoms with Crippen molar-refractivity contribution in [1.82, 2.24) is 9.55 Å². The number of esters is 1. The van der Waals surface area contributed by atoms with Crippen LogP contribution in [0.1, 0.15) is 77.8 Å². The molecule has 1 fully saturated rings. The lowest BCUT2D eigenvalue weighted by atomic mass is 9.95. The topological polar surface area (TPSA) is 73.2 Å². The molecule has 35 heavy (non-hydrogen) atoms. The standard InChI is InChI=1S/C26H28F3N3O3/c1-3-16-7-4-5-10-20(13-16)32-22-12-11-18(24(34)35-2)15-21(22)30-25(32)31-23(33)17-8-6-9-19(14-17)26(27,28)29/h6,8-9,11-12,14-16,20H,3-5,7,10,13H2,1-2H3,(H,30,31,33)/t16?,20-/m1/s1. The van der Waals surface area contributed by atoms with Crippen LogP contribution in [0.3, 0.4) is 0 Å². The molecule has 0 aliphatic heterocycles. The minimum absolute atomic E-state index is 0.0632. The summed E-state index contributed by atoms with van der Waals surface area (Å²) in [5, 5.41) is 2.74. The maximum absolute atomic E-state index is 13.2. The van der Waals surface area contributed by atoms with E-state index in [1.165, 1.54) is 19.2 Å². The normalized spacial score (nSPS) is 18.8. The zero-order valence-electron chi connectivity index (χ0n) is 19.7. The second-order valence-electron chi connectivity index (χ2n) is 8.98. The first kappa shape index (κ1) is 24.8. The van der Waals surface area contributed by atoms with Gasteiger partial charge in [0.25, 0.3) is 5.91 Å². The molecule has 1 aliphatic carbocycles. The molecule has 3 aromatic rings. The zero-order valence-corrected chi connectivity index (χ0v) is 19.7. The first-order chi connectivity index (χ1) is 16.7. The predicted molar refractivity (Wildman–Crippen MR) is 126 cm³/mol. The Morgan fingerprint density at radius 2 is 1.89 bits per heavy atom. The van der Waals surface area contributed by atoms with E-state index >= 15 is 0 Å². The largest absolute Gasteiger partial charge is 0.465 e. The minimum Gasteiger partial charge on any atom is -0.465 e. The molecule has 6 nitrogen and oxygen atoms in total. The van der Waals surface area contributed by atoms with Crippen molar-refractivity contribution < 1.29 is 27.5 Å². The second-order valence-corrected chi connectivity index (χ2v) is 8.98. The molecule has 2 aromatic carbocycles. The van der Waals surface area contributed by atoms with E-state index < -0.39 is 23.6 Å². The lowest BCUT2D eigenvalue weighted by Crippen LogP contribution is -2.20. The zero-order chi connectivity index (χ0) is 25.2. The Labute approximate surface area is 201 Å². The van der Waals surface area contributed by atoms with Crippen LogP contribution in [0.15, 0.2) is 42.5 Å². The Morgan fingerprint density at radius 3 is 2.60 bits per heavy atom. The number of rotatable bonds is 5. The van der Waals surface area contributed by atoms with E-state index in [0.717, 1.165) is 56.2 Å². The van der Waals surface area contributed by atoms with Crippen molar-refractivity contribution in [3.63, 3.8) is 0 Å². The van der Waals surface area contributed by atoms with Gasteiger partial charge in [-0.3, -0.25) is 10.1 Å². The molecule has 4 rings (SSSR count). The Morgan fingerprint density at radius 1 is 1.11 bits per heavy atom. The number of alkyl halides is 3. The Kier molecular flexibility index (Phi) is 7.14. The van der Waals surface area contributed by atoms with Gasteiger partial charge in [0.05, 0.1) is 29.3 Å². The number of aromatic nitrogens is 2. The van der Waals surface area contributed by atoms with E-state index in [0.29, 0.717) is 17.0 Å². The molecule has 2 atom stereocenters. The molecule has 0 radical (unpaired) electrons. The van der Waals surface area contributed by atoms with Gasteiger partial charge in [-0.2, -0.15) is 13.2 Å². The second kappa shape index (κ2) is 10.1. The van der Waals surface area contributed by atoms with Gasteiger partial charge >= 0.3 is 12.1 Å². The van der Waals surface area contributed by atoms with Crippen molar-refractivity contribution in [3.05, 3.63) is 59.2 Å². The number of benzene rings is 2. The number of methoxy groups -OCH3 is 1. The molecule has 1 N–H and O–H groups in total. The predicted octanol–water partition coefficient (Wildman–Crippen LogP) is 6.63. The summed E-state index contributed by atoms with van der Waals surface area (Å²) in [4.78, 5) is 29.6. The van der Waals surface area contributed by atoms with Crippen LogP contribution in [0.4, 0.5) is 19.1 Å². The average molecular weight is 488 g/mol. The van der Waals surface area contributed by atoms with E-state index in [1.54, 1.807) is 18.2 Å². The molecule has 1 saturated carbocycles. The van der Waals surface area contributed by atoms with Crippen molar-refractivity contribution in [2.24, 2.45) is 5.92 Å². The van der Waals surface area contributed by atoms with Gasteiger partial charge in [-0.05, 0) is 55.2 Å². The lowest BCUT2D eigenvalue weighted by Gasteiger charge is -2.23. The van der Waals surface area contributed by atoms with Crippen LogP contribution in [0.5, 0.6) is 0 Å². The van der Waals surface area contributed by atoms with E-state index in [2.05, 4.69) is 17.2 Å². The van der Waals surface area contributed by atoms with Gasteiger partial charge < -0.3 is 9.30 Å². The molecule has 0 bridgehead atoms. The molecule has 9 heteroatoms. The fourth-order valence-electron chi connectivity index (χ4n) is 4.85. The van der Waals surface area contributed by atoms with E-state index in [1.807, 2.05) is 4.57 Å². The summed E-state index contributed by atoms with van der Waals surface area (Å²) >= 11 is 0. The van der Waals surface area contributed by atoms with E-state index in [9.17, 15) is 22.8 Å². The number of carbonyl (C=O) groups excluding carboxylic acids is 2. The number of carbonyl (C=O) groups is 2. The highest BCUT2D eigenvalue weighted by molar-refractivity contribution is 6.04. The average Bonchev–Trinajstić information content (AvgIpc) is 3.02. The number of amides is 1. The maximum Gasteiger partial charge on any atom is 0.416 e. The molecule has 0 saturated heterocycles. The van der Waals surface area contributed by atoms with Crippen LogP contribution in [0.25, 0.3) is 11.0 Å². The number of nitrogens with one attached hydrogen (secondary N) is 1. The van der Waals surface area contributed by atoms with Crippen LogP contribution in [0, 0.1) is 5.92 Å². The molecular formula is C26H28F3N3O3. The maximum atomic E-state index is 13.2. The SMILES string of the molecule is CCC1CCCC[C@@H](n2c(NC(=O)c3cccc(C(F)(F)F)c3)nc3cc(C(=O)OC)ccc32)C1. The highest BCUT2D eigenvalue weighted by atomic mass is 19.4. The summed E-state index contributed by atoms with van der Waals surface area (Å²) in [6.45, 7) is 2.16. The number of nitrogens with zero attached hydrogens (tertiary/aromatic N) is 2. The Bertz CT molecular complexity index is 1240. The van der Waals surface area contributed by atoms with Gasteiger partial charge in [-0.15, -0.1) is 0 Å². The Balaban J connectivity index is 1.76. The third-order valence-electron chi connectivity index (χ3n) is 6.74. The third-order valence-corrected chi connectivity index (χ3v) is 6.74. The van der Waals surface area contributed by atoms with E-state index in [4.69, 9.17) is 4.74 Å². The van der Waals surface area contributed by atoms with Crippen molar-refractivity contribution in [3.8, 4) is 0 Å². The Hall–Kier alpha value is -3.36. The van der Waals surface area contributed by atoms with Crippen molar-refractivity contribution in [2.75, 3.05) is 12.4 Å². The molecule has 1 aromatic heterocycles. The number of fused-ring (bicyclic) bond motifs is 1. The fourth-order valence-corrected chi connectivity index (χ4v) is 4.85. The molecule has 1 heterocycles. The number of hydrogen-bond donors (Lipinski definition) is 1. The molecule has 1 amide bonds. The van der Waals surface area contributed by atoms with Gasteiger partial charge in [0.1, 0.15) is 0 Å². The number of hydrogen-bond acceptors (Lipinski definition) is 4. The highest BCUT2D eigenvalue weighted by Crippen LogP contribution is 2.37. The quantitative estimate of drug-likeness (QED) is 0.324. The first-order valence-electron chi connectivity index (χ1n) is 11.8. The van der Waals surface area contributed by atoms with E-state index in [-0.39, 0.29) is 17.6 Å². The smallest absolute Gasteiger partial charge is 0.416 e. The molecule has 1 aliphatic rings. The van der Waals surface area contributed by atoms with Crippen LogP contribution >= 0.6 is 0 Å². The lowest BCUT2D eigenvalue weighted by molar-refractivity contribution is -0.137. The summed E-state index contributed by atoms with van der Waals surface area (Å²) in [5.74, 6) is -0.398. The molecular weight excluding hydrogens is 459 g/mol. The van der Waals surface area contributed by atoms with Crippen LogP contribution in [0.2, 0.25) is 0 Å². The monoisotopic (exact) mass is 487 g/mol. The highest BCUT2D eigenvalue weighted by Gasteiger charge is 2.31. The van der Waals surface area contributed by atoms with Crippen LogP contribution in [-0.2, 0) is 10.9 Å². The summed E-state index contributed by atoms with van der Waals surface area (Å²) in [7, 11) is 1.29. The van der Waals surface area contributed by atoms with Crippen LogP contribution in [-0.4, -0.2) is 28.5 Å². The van der Waals surface area contributed by atoms with Gasteiger partial charge in [0.15, 0.2) is 0 Å². The fraction of sp³-hybridized carbons (Fsp3) is 0.423. The number of ether oxygens (including phenoxy) is 1. The number of anilines is 1. The van der Waals surface area contributed by atoms with Crippen molar-refractivity contribution in [1.29, 1.82) is 0 Å². The molecule has 0 spiro atoms. The third kappa shape index (κ3) is 5.33.